The van der Waals surface area contributed by atoms with Crippen LogP contribution in [-0.4, -0.2) is 20.4 Å². The van der Waals surface area contributed by atoms with Crippen molar-refractivity contribution in [2.45, 2.75) is 45.1 Å². The average Bonchev–Trinajstić information content (AvgIpc) is 2.77. The van der Waals surface area contributed by atoms with Gasteiger partial charge < -0.3 is 10.1 Å². The maximum atomic E-state index is 12.8. The van der Waals surface area contributed by atoms with Gasteiger partial charge in [0.2, 0.25) is 0 Å². The first kappa shape index (κ1) is 23.3. The van der Waals surface area contributed by atoms with Crippen molar-refractivity contribution in [3.05, 3.63) is 83.4 Å². The first-order chi connectivity index (χ1) is 15.2. The Labute approximate surface area is 189 Å². The first-order valence-corrected chi connectivity index (χ1v) is 11.9. The maximum Gasteiger partial charge on any atom is 0.265 e. The molecule has 1 atom stereocenters. The molecule has 168 valence electrons. The number of anilines is 2. The summed E-state index contributed by atoms with van der Waals surface area (Å²) in [6.45, 7) is 7.41. The predicted molar refractivity (Wildman–Crippen MR) is 128 cm³/mol. The van der Waals surface area contributed by atoms with Crippen LogP contribution in [0.5, 0.6) is 5.75 Å². The fraction of sp³-hybridized carbons (Fsp3) is 0.240. The summed E-state index contributed by atoms with van der Waals surface area (Å²) in [4.78, 5) is 12.7. The second kappa shape index (κ2) is 9.87. The summed E-state index contributed by atoms with van der Waals surface area (Å²) in [5.41, 5.74) is 3.77. The molecule has 0 spiro atoms. The van der Waals surface area contributed by atoms with Gasteiger partial charge in [-0.3, -0.25) is 9.52 Å². The van der Waals surface area contributed by atoms with E-state index in [1.807, 2.05) is 63.2 Å². The third-order valence-corrected chi connectivity index (χ3v) is 6.54. The third kappa shape index (κ3) is 5.48. The lowest BCUT2D eigenvalue weighted by Crippen LogP contribution is -2.30. The van der Waals surface area contributed by atoms with Crippen LogP contribution in [0.2, 0.25) is 0 Å². The summed E-state index contributed by atoms with van der Waals surface area (Å²) in [6.07, 6.45) is 0.0908. The van der Waals surface area contributed by atoms with Crippen LogP contribution < -0.4 is 14.8 Å². The van der Waals surface area contributed by atoms with E-state index in [0.717, 1.165) is 23.1 Å². The summed E-state index contributed by atoms with van der Waals surface area (Å²) in [7, 11) is -3.76. The maximum absolute atomic E-state index is 12.8. The highest BCUT2D eigenvalue weighted by atomic mass is 32.2. The smallest absolute Gasteiger partial charge is 0.265 e. The molecule has 3 aromatic carbocycles. The first-order valence-electron chi connectivity index (χ1n) is 10.5. The van der Waals surface area contributed by atoms with Crippen molar-refractivity contribution in [2.24, 2.45) is 0 Å². The molecule has 0 aliphatic heterocycles. The molecule has 0 bridgehead atoms. The monoisotopic (exact) mass is 452 g/mol. The molecule has 0 radical (unpaired) electrons. The second-order valence-corrected chi connectivity index (χ2v) is 9.29. The zero-order valence-electron chi connectivity index (χ0n) is 18.7. The number of carbonyl (C=O) groups is 1. The molecule has 0 aliphatic rings. The van der Waals surface area contributed by atoms with Crippen molar-refractivity contribution in [2.75, 3.05) is 10.0 Å². The summed E-state index contributed by atoms with van der Waals surface area (Å²) < 4.78 is 34.1. The number of para-hydroxylation sites is 2. The molecule has 2 N–H and O–H groups in total. The van der Waals surface area contributed by atoms with Crippen LogP contribution in [0.25, 0.3) is 0 Å². The Hall–Kier alpha value is -3.32. The molecule has 1 amide bonds. The molecule has 0 saturated heterocycles. The highest BCUT2D eigenvalue weighted by Gasteiger charge is 2.19. The molecule has 32 heavy (non-hydrogen) atoms. The van der Waals surface area contributed by atoms with Gasteiger partial charge in [0.1, 0.15) is 5.75 Å². The van der Waals surface area contributed by atoms with Gasteiger partial charge in [-0.2, -0.15) is 0 Å². The lowest BCUT2D eigenvalue weighted by molar-refractivity contribution is -0.122. The van der Waals surface area contributed by atoms with E-state index >= 15 is 0 Å². The number of rotatable bonds is 8. The molecule has 3 aromatic rings. The number of hydrogen-bond donors (Lipinski definition) is 2. The number of sulfonamides is 1. The van der Waals surface area contributed by atoms with E-state index in [-0.39, 0.29) is 10.8 Å². The molecule has 0 aromatic heterocycles. The Balaban J connectivity index is 1.68. The quantitative estimate of drug-likeness (QED) is 0.500. The molecule has 7 heteroatoms. The fourth-order valence-corrected chi connectivity index (χ4v) is 4.49. The van der Waals surface area contributed by atoms with Crippen molar-refractivity contribution in [1.29, 1.82) is 0 Å². The zero-order valence-corrected chi connectivity index (χ0v) is 19.5. The second-order valence-electron chi connectivity index (χ2n) is 7.61. The highest BCUT2D eigenvalue weighted by Crippen LogP contribution is 2.24. The van der Waals surface area contributed by atoms with E-state index in [1.54, 1.807) is 19.1 Å². The third-order valence-electron chi connectivity index (χ3n) is 5.18. The van der Waals surface area contributed by atoms with Gasteiger partial charge in [0.25, 0.3) is 15.9 Å². The summed E-state index contributed by atoms with van der Waals surface area (Å²) in [6, 6.07) is 19.2. The summed E-state index contributed by atoms with van der Waals surface area (Å²) in [5, 5.41) is 2.77. The Kier molecular flexibility index (Phi) is 7.20. The largest absolute Gasteiger partial charge is 0.481 e. The average molecular weight is 453 g/mol. The fourth-order valence-electron chi connectivity index (χ4n) is 3.28. The van der Waals surface area contributed by atoms with Crippen LogP contribution in [0.3, 0.4) is 0 Å². The Bertz CT molecular complexity index is 1180. The number of benzene rings is 3. The van der Waals surface area contributed by atoms with Crippen molar-refractivity contribution >= 4 is 27.3 Å². The SMILES string of the molecule is CCc1ccccc1O[C@@H](C)C(=O)Nc1ccc(S(=O)(=O)Nc2c(C)cccc2C)cc1. The molecular formula is C25H28N2O4S. The van der Waals surface area contributed by atoms with Gasteiger partial charge >= 0.3 is 0 Å². The zero-order chi connectivity index (χ0) is 23.3. The minimum absolute atomic E-state index is 0.110. The van der Waals surface area contributed by atoms with Gasteiger partial charge in [-0.05, 0) is 74.2 Å². The minimum atomic E-state index is -3.76. The van der Waals surface area contributed by atoms with Crippen molar-refractivity contribution < 1.29 is 17.9 Å². The van der Waals surface area contributed by atoms with Crippen molar-refractivity contribution in [1.82, 2.24) is 0 Å². The van der Waals surface area contributed by atoms with Gasteiger partial charge in [-0.1, -0.05) is 43.3 Å². The van der Waals surface area contributed by atoms with Gasteiger partial charge in [0.05, 0.1) is 10.6 Å². The van der Waals surface area contributed by atoms with E-state index < -0.39 is 16.1 Å². The number of hydrogen-bond acceptors (Lipinski definition) is 4. The molecule has 0 aliphatic carbocycles. The van der Waals surface area contributed by atoms with Crippen LogP contribution in [0, 0.1) is 13.8 Å². The number of carbonyl (C=O) groups excluding carboxylic acids is 1. The van der Waals surface area contributed by atoms with Crippen LogP contribution in [0.4, 0.5) is 11.4 Å². The summed E-state index contributed by atoms with van der Waals surface area (Å²) >= 11 is 0. The standard InChI is InChI=1S/C25H28N2O4S/c1-5-20-11-6-7-12-23(20)31-19(4)25(28)26-21-13-15-22(16-14-21)32(29,30)27-24-17(2)9-8-10-18(24)3/h6-16,19,27H,5H2,1-4H3,(H,26,28)/t19-/m0/s1. The van der Waals surface area contributed by atoms with Gasteiger partial charge in [0, 0.05) is 5.69 Å². The lowest BCUT2D eigenvalue weighted by Gasteiger charge is -2.17. The molecule has 0 saturated carbocycles. The van der Waals surface area contributed by atoms with E-state index in [1.165, 1.54) is 12.1 Å². The van der Waals surface area contributed by atoms with Crippen LogP contribution in [-0.2, 0) is 21.2 Å². The molecule has 6 nitrogen and oxygen atoms in total. The van der Waals surface area contributed by atoms with Gasteiger partial charge in [-0.25, -0.2) is 8.42 Å². The van der Waals surface area contributed by atoms with Gasteiger partial charge in [-0.15, -0.1) is 0 Å². The van der Waals surface area contributed by atoms with Crippen LogP contribution in [0.15, 0.2) is 71.6 Å². The molecule has 0 heterocycles. The Morgan fingerprint density at radius 2 is 1.56 bits per heavy atom. The topological polar surface area (TPSA) is 84.5 Å². The Morgan fingerprint density at radius 1 is 0.938 bits per heavy atom. The molecular weight excluding hydrogens is 424 g/mol. The van der Waals surface area contributed by atoms with Gasteiger partial charge in [0.15, 0.2) is 6.10 Å². The highest BCUT2D eigenvalue weighted by molar-refractivity contribution is 7.92. The normalized spacial score (nSPS) is 12.1. The summed E-state index contributed by atoms with van der Waals surface area (Å²) in [5.74, 6) is 0.358. The van der Waals surface area contributed by atoms with Crippen LogP contribution in [0.1, 0.15) is 30.5 Å². The predicted octanol–water partition coefficient (Wildman–Crippen LogP) is 5.07. The van der Waals surface area contributed by atoms with E-state index in [0.29, 0.717) is 17.1 Å². The van der Waals surface area contributed by atoms with Crippen LogP contribution >= 0.6 is 0 Å². The Morgan fingerprint density at radius 3 is 2.19 bits per heavy atom. The number of nitrogens with one attached hydrogen (secondary N) is 2. The minimum Gasteiger partial charge on any atom is -0.481 e. The number of aryl methyl sites for hydroxylation is 3. The van der Waals surface area contributed by atoms with E-state index in [9.17, 15) is 13.2 Å². The van der Waals surface area contributed by atoms with Crippen molar-refractivity contribution in [3.8, 4) is 5.75 Å². The van der Waals surface area contributed by atoms with E-state index in [4.69, 9.17) is 4.74 Å². The molecule has 0 fully saturated rings. The lowest BCUT2D eigenvalue weighted by atomic mass is 10.1. The molecule has 3 rings (SSSR count). The number of amides is 1. The van der Waals surface area contributed by atoms with Crippen molar-refractivity contribution in [3.63, 3.8) is 0 Å². The molecule has 0 unspecified atom stereocenters. The number of ether oxygens (including phenoxy) is 1. The van der Waals surface area contributed by atoms with E-state index in [2.05, 4.69) is 10.0 Å².